The van der Waals surface area contributed by atoms with Crippen LogP contribution in [0.5, 0.6) is 0 Å². The molecule has 0 amide bonds. The average molecular weight is 411 g/mol. The second-order valence-corrected chi connectivity index (χ2v) is 8.82. The van der Waals surface area contributed by atoms with Crippen molar-refractivity contribution in [3.05, 3.63) is 0 Å². The Balaban J connectivity index is 0. The molecule has 0 bridgehead atoms. The first-order valence-corrected chi connectivity index (χ1v) is 11.8. The van der Waals surface area contributed by atoms with Crippen molar-refractivity contribution in [3.63, 3.8) is 0 Å². The van der Waals surface area contributed by atoms with Crippen molar-refractivity contribution in [1.29, 1.82) is 0 Å². The molecule has 0 atom stereocenters. The van der Waals surface area contributed by atoms with Crippen LogP contribution in [0, 0.1) is 0 Å². The van der Waals surface area contributed by atoms with Gasteiger partial charge in [-0.05, 0) is 13.0 Å². The van der Waals surface area contributed by atoms with Crippen molar-refractivity contribution >= 4 is 29.2 Å². The second kappa shape index (κ2) is 19.5. The van der Waals surface area contributed by atoms with Gasteiger partial charge >= 0.3 is 29.6 Å². The molecule has 1 aliphatic rings. The number of hydrogen-bond acceptors (Lipinski definition) is 2. The van der Waals surface area contributed by atoms with Crippen molar-refractivity contribution < 1.29 is 31.0 Å². The van der Waals surface area contributed by atoms with Gasteiger partial charge in [0, 0.05) is 26.2 Å². The molecular weight excluding hydrogens is 367 g/mol. The van der Waals surface area contributed by atoms with Crippen molar-refractivity contribution in [1.82, 2.24) is 9.80 Å². The Morgan fingerprint density at radius 1 is 0.731 bits per heavy atom. The maximum atomic E-state index is 5.13. The van der Waals surface area contributed by atoms with E-state index in [1.165, 1.54) is 96.4 Å². The molecular formula is C21H43N2NaS2. The molecule has 1 saturated heterocycles. The third-order valence-electron chi connectivity index (χ3n) is 5.47. The fourth-order valence-electron chi connectivity index (χ4n) is 3.69. The topological polar surface area (TPSA) is 6.48 Å². The summed E-state index contributed by atoms with van der Waals surface area (Å²) in [6.07, 6.45) is 20.1. The van der Waals surface area contributed by atoms with E-state index in [4.69, 9.17) is 12.2 Å². The summed E-state index contributed by atoms with van der Waals surface area (Å²) in [6.45, 7) is 7.98. The largest absolute Gasteiger partial charge is 1.00 e. The van der Waals surface area contributed by atoms with Gasteiger partial charge in [0.1, 0.15) is 4.32 Å². The van der Waals surface area contributed by atoms with Gasteiger partial charge in [-0.1, -0.05) is 103 Å². The summed E-state index contributed by atoms with van der Waals surface area (Å²) in [5.41, 5.74) is 0. The van der Waals surface area contributed by atoms with Crippen molar-refractivity contribution in [2.24, 2.45) is 0 Å². The predicted octanol–water partition coefficient (Wildman–Crippen LogP) is 3.42. The van der Waals surface area contributed by atoms with E-state index in [-0.39, 0.29) is 31.0 Å². The van der Waals surface area contributed by atoms with Crippen LogP contribution in [0.2, 0.25) is 0 Å². The summed E-state index contributed by atoms with van der Waals surface area (Å²) in [4.78, 5) is 4.79. The van der Waals surface area contributed by atoms with Crippen molar-refractivity contribution in [2.75, 3.05) is 32.7 Å². The summed E-state index contributed by atoms with van der Waals surface area (Å²) >= 11 is 9.40. The zero-order valence-corrected chi connectivity index (χ0v) is 21.4. The van der Waals surface area contributed by atoms with Crippen LogP contribution < -0.4 is 29.6 Å². The molecule has 0 aliphatic carbocycles. The third kappa shape index (κ3) is 15.2. The maximum Gasteiger partial charge on any atom is 1.00 e. The normalized spacial score (nSPS) is 15.1. The zero-order valence-electron chi connectivity index (χ0n) is 18.7. The van der Waals surface area contributed by atoms with Crippen LogP contribution in [0.3, 0.4) is 0 Å². The zero-order chi connectivity index (χ0) is 18.2. The van der Waals surface area contributed by atoms with E-state index in [1.807, 2.05) is 0 Å². The molecule has 0 unspecified atom stereocenters. The Kier molecular flexibility index (Phi) is 20.4. The summed E-state index contributed by atoms with van der Waals surface area (Å²) in [5.74, 6) is 0. The molecule has 0 aromatic heterocycles. The van der Waals surface area contributed by atoms with Gasteiger partial charge in [0.15, 0.2) is 0 Å². The van der Waals surface area contributed by atoms with E-state index in [1.54, 1.807) is 0 Å². The van der Waals surface area contributed by atoms with Gasteiger partial charge in [-0.25, -0.2) is 0 Å². The Morgan fingerprint density at radius 2 is 1.12 bits per heavy atom. The van der Waals surface area contributed by atoms with Gasteiger partial charge in [-0.2, -0.15) is 0 Å². The molecule has 1 rings (SSSR count). The minimum absolute atomic E-state index is 0. The van der Waals surface area contributed by atoms with Crippen LogP contribution in [0.1, 0.15) is 98.2 Å². The SMILES string of the molecule is CCCCCCCCCCCCCCCCN1CCN(C(=S)S)CC1.[H-].[Na+]. The first-order chi connectivity index (χ1) is 12.2. The molecule has 1 fully saturated rings. The van der Waals surface area contributed by atoms with Gasteiger partial charge in [0.05, 0.1) is 0 Å². The Hall–Kier alpha value is 1.20. The molecule has 0 saturated carbocycles. The Morgan fingerprint density at radius 3 is 1.50 bits per heavy atom. The van der Waals surface area contributed by atoms with E-state index < -0.39 is 0 Å². The molecule has 0 spiro atoms. The van der Waals surface area contributed by atoms with Crippen molar-refractivity contribution in [3.8, 4) is 0 Å². The predicted molar refractivity (Wildman–Crippen MR) is 121 cm³/mol. The molecule has 26 heavy (non-hydrogen) atoms. The van der Waals surface area contributed by atoms with Crippen LogP contribution in [0.4, 0.5) is 0 Å². The first kappa shape index (κ1) is 27.2. The Bertz CT molecular complexity index is 327. The van der Waals surface area contributed by atoms with Gasteiger partial charge in [-0.3, -0.25) is 4.90 Å². The quantitative estimate of drug-likeness (QED) is 0.191. The van der Waals surface area contributed by atoms with Gasteiger partial charge in [0.2, 0.25) is 0 Å². The van der Waals surface area contributed by atoms with Gasteiger partial charge < -0.3 is 6.33 Å². The van der Waals surface area contributed by atoms with Crippen molar-refractivity contribution in [2.45, 2.75) is 96.8 Å². The van der Waals surface area contributed by atoms with Crippen LogP contribution in [0.25, 0.3) is 0 Å². The van der Waals surface area contributed by atoms with Crippen LogP contribution in [0.15, 0.2) is 0 Å². The van der Waals surface area contributed by atoms with E-state index in [9.17, 15) is 0 Å². The number of rotatable bonds is 15. The molecule has 0 radical (unpaired) electrons. The summed E-state index contributed by atoms with van der Waals surface area (Å²) in [6, 6.07) is 0. The number of piperazine rings is 1. The molecule has 1 heterocycles. The maximum absolute atomic E-state index is 5.13. The van der Waals surface area contributed by atoms with Gasteiger partial charge in [-0.15, -0.1) is 12.6 Å². The number of thiocarbonyl (C=S) groups is 1. The molecule has 0 N–H and O–H groups in total. The van der Waals surface area contributed by atoms with Crippen LogP contribution >= 0.6 is 24.8 Å². The summed E-state index contributed by atoms with van der Waals surface area (Å²) < 4.78 is 0.760. The van der Waals surface area contributed by atoms with E-state index in [0.717, 1.165) is 30.5 Å². The van der Waals surface area contributed by atoms with Crippen LogP contribution in [-0.2, 0) is 0 Å². The fourth-order valence-corrected chi connectivity index (χ4v) is 4.08. The molecule has 5 heteroatoms. The average Bonchev–Trinajstić information content (AvgIpc) is 2.62. The van der Waals surface area contributed by atoms with E-state index in [0.29, 0.717) is 0 Å². The molecule has 2 nitrogen and oxygen atoms in total. The molecule has 0 aromatic rings. The first-order valence-electron chi connectivity index (χ1n) is 10.9. The second-order valence-electron chi connectivity index (χ2n) is 7.71. The number of unbranched alkanes of at least 4 members (excludes halogenated alkanes) is 13. The van der Waals surface area contributed by atoms with Crippen LogP contribution in [-0.4, -0.2) is 46.8 Å². The fraction of sp³-hybridized carbons (Fsp3) is 0.952. The number of hydrogen-bond donors (Lipinski definition) is 1. The number of nitrogens with zero attached hydrogens (tertiary/aromatic N) is 2. The summed E-state index contributed by atoms with van der Waals surface area (Å²) in [7, 11) is 0. The third-order valence-corrected chi connectivity index (χ3v) is 6.01. The molecule has 0 aromatic carbocycles. The molecule has 1 aliphatic heterocycles. The van der Waals surface area contributed by atoms with E-state index in [2.05, 4.69) is 29.4 Å². The smallest absolute Gasteiger partial charge is 1.00 e. The summed E-state index contributed by atoms with van der Waals surface area (Å²) in [5, 5.41) is 0. The monoisotopic (exact) mass is 410 g/mol. The number of thiol groups is 1. The van der Waals surface area contributed by atoms with Gasteiger partial charge in [0.25, 0.3) is 0 Å². The Labute approximate surface area is 198 Å². The minimum atomic E-state index is 0. The van der Waals surface area contributed by atoms with E-state index >= 15 is 0 Å². The minimum Gasteiger partial charge on any atom is -1.00 e. The molecule has 150 valence electrons. The standard InChI is InChI=1S/C21H42N2S2.Na.H/c1-2-3-4-5-6-7-8-9-10-11-12-13-14-15-16-22-17-19-23(20-18-22)21(24)25;;/h2-20H2,1H3,(H,24,25);;/q;+1;-1.